The van der Waals surface area contributed by atoms with E-state index in [4.69, 9.17) is 8.85 Å². The highest BCUT2D eigenvalue weighted by Gasteiger charge is 2.15. The lowest BCUT2D eigenvalue weighted by molar-refractivity contribution is -0.139. The van der Waals surface area contributed by atoms with E-state index in [2.05, 4.69) is 6.92 Å². The topological polar surface area (TPSA) is 35.5 Å². The van der Waals surface area contributed by atoms with Crippen molar-refractivity contribution in [3.05, 3.63) is 0 Å². The lowest BCUT2D eigenvalue weighted by Crippen LogP contribution is -2.20. The van der Waals surface area contributed by atoms with E-state index in [9.17, 15) is 4.79 Å². The Balaban J connectivity index is 3.44. The first kappa shape index (κ1) is 17.6. The summed E-state index contributed by atoms with van der Waals surface area (Å²) in [5.74, 6) is -0.123. The smallest absolute Gasteiger partial charge is 0.490 e. The van der Waals surface area contributed by atoms with Gasteiger partial charge in [-0.3, -0.25) is 4.79 Å². The van der Waals surface area contributed by atoms with Crippen LogP contribution in [0.5, 0.6) is 0 Å². The molecule has 1 unspecified atom stereocenters. The molecule has 0 aliphatic heterocycles. The predicted molar refractivity (Wildman–Crippen MR) is 75.2 cm³/mol. The maximum Gasteiger partial charge on any atom is 0.523 e. The largest absolute Gasteiger partial charge is 0.523 e. The molecule has 4 heteroatoms. The van der Waals surface area contributed by atoms with E-state index in [1.54, 1.807) is 0 Å². The van der Waals surface area contributed by atoms with Crippen molar-refractivity contribution in [2.75, 3.05) is 0 Å². The summed E-state index contributed by atoms with van der Waals surface area (Å²) < 4.78 is 10.3. The van der Waals surface area contributed by atoms with Gasteiger partial charge in [0.15, 0.2) is 0 Å². The first-order valence-corrected chi connectivity index (χ1v) is 8.00. The zero-order valence-corrected chi connectivity index (χ0v) is 13.3. The molecule has 0 aromatic carbocycles. The second-order valence-electron chi connectivity index (χ2n) is 5.13. The molecule has 18 heavy (non-hydrogen) atoms. The van der Waals surface area contributed by atoms with Gasteiger partial charge in [0.25, 0.3) is 5.97 Å². The van der Waals surface area contributed by atoms with Crippen LogP contribution < -0.4 is 0 Å². The number of hydrogen-bond acceptors (Lipinski definition) is 3. The minimum atomic E-state index is -0.159. The van der Waals surface area contributed by atoms with E-state index < -0.39 is 0 Å². The second-order valence-corrected chi connectivity index (χ2v) is 5.74. The molecule has 0 aromatic rings. The SMILES string of the molecule is CCCCCCCCC(C)C(=O)O[Si]OC(C)C. The van der Waals surface area contributed by atoms with Crippen LogP contribution in [0.15, 0.2) is 0 Å². The van der Waals surface area contributed by atoms with Crippen molar-refractivity contribution in [2.24, 2.45) is 5.92 Å². The summed E-state index contributed by atoms with van der Waals surface area (Å²) in [6.45, 7) is 8.02. The molecule has 0 rings (SSSR count). The number of rotatable bonds is 11. The third-order valence-corrected chi connectivity index (χ3v) is 3.67. The fraction of sp³-hybridized carbons (Fsp3) is 0.929. The van der Waals surface area contributed by atoms with Gasteiger partial charge in [-0.2, -0.15) is 0 Å². The van der Waals surface area contributed by atoms with Crippen molar-refractivity contribution >= 4 is 16.0 Å². The maximum atomic E-state index is 11.6. The van der Waals surface area contributed by atoms with Gasteiger partial charge in [-0.25, -0.2) is 0 Å². The minimum Gasteiger partial charge on any atom is -0.490 e. The van der Waals surface area contributed by atoms with Gasteiger partial charge in [0, 0.05) is 6.10 Å². The Labute approximate surface area is 115 Å². The number of hydrogen-bond donors (Lipinski definition) is 0. The van der Waals surface area contributed by atoms with Crippen LogP contribution >= 0.6 is 0 Å². The molecule has 0 amide bonds. The molecule has 0 heterocycles. The maximum absolute atomic E-state index is 11.6. The minimum absolute atomic E-state index is 0.000521. The van der Waals surface area contributed by atoms with E-state index in [0.29, 0.717) is 0 Å². The molecule has 106 valence electrons. The van der Waals surface area contributed by atoms with Crippen LogP contribution in [0.3, 0.4) is 0 Å². The van der Waals surface area contributed by atoms with Crippen LogP contribution in [0, 0.1) is 5.92 Å². The Morgan fingerprint density at radius 3 is 2.28 bits per heavy atom. The summed E-state index contributed by atoms with van der Waals surface area (Å²) in [6, 6.07) is 0. The summed E-state index contributed by atoms with van der Waals surface area (Å²) in [4.78, 5) is 11.6. The summed E-state index contributed by atoms with van der Waals surface area (Å²) in [6.07, 6.45) is 8.59. The quantitative estimate of drug-likeness (QED) is 0.423. The van der Waals surface area contributed by atoms with E-state index in [1.807, 2.05) is 20.8 Å². The van der Waals surface area contributed by atoms with Gasteiger partial charge in [0.1, 0.15) is 0 Å². The highest BCUT2D eigenvalue weighted by Crippen LogP contribution is 2.13. The Kier molecular flexibility index (Phi) is 11.5. The standard InChI is InChI=1S/C14H28O3Si/c1-5-6-7-8-9-10-11-13(4)14(15)17-18-16-12(2)3/h12-13H,5-11H2,1-4H3. The van der Waals surface area contributed by atoms with Crippen LogP contribution in [0.4, 0.5) is 0 Å². The molecular weight excluding hydrogens is 244 g/mol. The zero-order valence-electron chi connectivity index (χ0n) is 12.3. The van der Waals surface area contributed by atoms with Gasteiger partial charge < -0.3 is 8.85 Å². The second kappa shape index (κ2) is 11.7. The van der Waals surface area contributed by atoms with Gasteiger partial charge >= 0.3 is 10.0 Å². The lowest BCUT2D eigenvalue weighted by Gasteiger charge is -2.11. The van der Waals surface area contributed by atoms with E-state index in [1.165, 1.54) is 32.1 Å². The van der Waals surface area contributed by atoms with Crippen molar-refractivity contribution in [1.29, 1.82) is 0 Å². The molecule has 0 aliphatic rings. The summed E-state index contributed by atoms with van der Waals surface area (Å²) >= 11 is 0. The number of unbranched alkanes of at least 4 members (excludes halogenated alkanes) is 5. The molecule has 0 fully saturated rings. The Hall–Kier alpha value is -0.353. The summed E-state index contributed by atoms with van der Waals surface area (Å²) in [5, 5.41) is 0. The number of carbonyl (C=O) groups is 1. The van der Waals surface area contributed by atoms with E-state index in [-0.39, 0.29) is 28.0 Å². The monoisotopic (exact) mass is 272 g/mol. The average Bonchev–Trinajstić information content (AvgIpc) is 2.32. The first-order chi connectivity index (χ1) is 8.57. The fourth-order valence-corrected chi connectivity index (χ4v) is 2.13. The normalized spacial score (nSPS) is 12.7. The van der Waals surface area contributed by atoms with Gasteiger partial charge in [0.2, 0.25) is 0 Å². The average molecular weight is 272 g/mol. The molecule has 0 saturated heterocycles. The lowest BCUT2D eigenvalue weighted by atomic mass is 10.0. The Bertz CT molecular complexity index is 207. The molecule has 2 radical (unpaired) electrons. The van der Waals surface area contributed by atoms with Gasteiger partial charge in [0.05, 0.1) is 5.92 Å². The Morgan fingerprint density at radius 2 is 1.67 bits per heavy atom. The van der Waals surface area contributed by atoms with Crippen LogP contribution in [0.2, 0.25) is 0 Å². The van der Waals surface area contributed by atoms with Crippen molar-refractivity contribution in [2.45, 2.75) is 78.7 Å². The van der Waals surface area contributed by atoms with Gasteiger partial charge in [-0.1, -0.05) is 52.4 Å². The first-order valence-electron chi connectivity index (χ1n) is 7.19. The zero-order chi connectivity index (χ0) is 13.8. The summed E-state index contributed by atoms with van der Waals surface area (Å²) in [5.41, 5.74) is 0. The van der Waals surface area contributed by atoms with E-state index >= 15 is 0 Å². The van der Waals surface area contributed by atoms with Crippen molar-refractivity contribution in [3.63, 3.8) is 0 Å². The molecule has 0 saturated carbocycles. The highest BCUT2D eigenvalue weighted by atomic mass is 28.3. The Morgan fingerprint density at radius 1 is 1.06 bits per heavy atom. The van der Waals surface area contributed by atoms with Crippen LogP contribution in [0.25, 0.3) is 0 Å². The molecule has 0 N–H and O–H groups in total. The molecule has 0 bridgehead atoms. The summed E-state index contributed by atoms with van der Waals surface area (Å²) in [7, 11) is -0.159. The number of carbonyl (C=O) groups excluding carboxylic acids is 1. The molecular formula is C14H28O3Si. The third kappa shape index (κ3) is 10.8. The molecule has 0 aromatic heterocycles. The van der Waals surface area contributed by atoms with Crippen molar-refractivity contribution in [1.82, 2.24) is 0 Å². The van der Waals surface area contributed by atoms with E-state index in [0.717, 1.165) is 12.8 Å². The third-order valence-electron chi connectivity index (χ3n) is 2.82. The van der Waals surface area contributed by atoms with Crippen LogP contribution in [-0.2, 0) is 13.6 Å². The highest BCUT2D eigenvalue weighted by molar-refractivity contribution is 6.22. The molecule has 1 atom stereocenters. The molecule has 3 nitrogen and oxygen atoms in total. The molecule has 0 spiro atoms. The van der Waals surface area contributed by atoms with Crippen LogP contribution in [-0.4, -0.2) is 22.1 Å². The van der Waals surface area contributed by atoms with Crippen molar-refractivity contribution in [3.8, 4) is 0 Å². The van der Waals surface area contributed by atoms with Gasteiger partial charge in [-0.15, -0.1) is 0 Å². The fourth-order valence-electron chi connectivity index (χ4n) is 1.61. The molecule has 0 aliphatic carbocycles. The van der Waals surface area contributed by atoms with Gasteiger partial charge in [-0.05, 0) is 20.3 Å². The predicted octanol–water partition coefficient (Wildman–Crippen LogP) is 3.88. The van der Waals surface area contributed by atoms with Crippen molar-refractivity contribution < 1.29 is 13.6 Å². The van der Waals surface area contributed by atoms with Crippen LogP contribution in [0.1, 0.15) is 72.6 Å².